The SMILES string of the molecule is CC[C@H](NC(=O)[C@H](CCC(F)(F)CC1CC1)NCC(F)(F)Oc1ccc(F)cc1)C1OC1C(=O)NC1CC1. The van der Waals surface area contributed by atoms with E-state index in [0.717, 1.165) is 49.9 Å². The molecule has 212 valence electrons. The molecule has 12 heteroatoms. The fourth-order valence-corrected chi connectivity index (χ4v) is 4.33. The Hall–Kier alpha value is -2.47. The van der Waals surface area contributed by atoms with Crippen molar-refractivity contribution in [2.45, 2.75) is 101 Å². The van der Waals surface area contributed by atoms with E-state index in [1.165, 1.54) is 0 Å². The van der Waals surface area contributed by atoms with E-state index in [2.05, 4.69) is 20.7 Å². The number of nitrogens with one attached hydrogen (secondary N) is 3. The van der Waals surface area contributed by atoms with Crippen LogP contribution in [0.25, 0.3) is 0 Å². The smallest absolute Gasteiger partial charge is 0.410 e. The lowest BCUT2D eigenvalue weighted by molar-refractivity contribution is -0.173. The van der Waals surface area contributed by atoms with Crippen LogP contribution < -0.4 is 20.7 Å². The third kappa shape index (κ3) is 8.79. The monoisotopic (exact) mass is 547 g/mol. The second kappa shape index (κ2) is 11.7. The van der Waals surface area contributed by atoms with Crippen molar-refractivity contribution in [1.29, 1.82) is 0 Å². The summed E-state index contributed by atoms with van der Waals surface area (Å²) in [5.74, 6) is -4.99. The largest absolute Gasteiger partial charge is 0.432 e. The van der Waals surface area contributed by atoms with Crippen LogP contribution in [0.5, 0.6) is 5.75 Å². The van der Waals surface area contributed by atoms with Crippen molar-refractivity contribution in [1.82, 2.24) is 16.0 Å². The van der Waals surface area contributed by atoms with Crippen LogP contribution in [0, 0.1) is 11.7 Å². The van der Waals surface area contributed by atoms with Gasteiger partial charge in [0.1, 0.15) is 24.2 Å². The van der Waals surface area contributed by atoms with Crippen molar-refractivity contribution in [3.05, 3.63) is 30.1 Å². The zero-order valence-electron chi connectivity index (χ0n) is 21.2. The number of halogens is 5. The molecule has 4 rings (SSSR count). The Bertz CT molecular complexity index is 972. The highest BCUT2D eigenvalue weighted by molar-refractivity contribution is 5.85. The molecule has 1 heterocycles. The van der Waals surface area contributed by atoms with E-state index in [1.807, 2.05) is 0 Å². The average Bonchev–Trinajstić information content (AvgIpc) is 3.69. The van der Waals surface area contributed by atoms with Gasteiger partial charge in [0.15, 0.2) is 6.10 Å². The summed E-state index contributed by atoms with van der Waals surface area (Å²) in [7, 11) is 0. The summed E-state index contributed by atoms with van der Waals surface area (Å²) >= 11 is 0. The maximum atomic E-state index is 14.5. The molecule has 1 aromatic carbocycles. The molecule has 1 saturated heterocycles. The Labute approximate surface area is 218 Å². The van der Waals surface area contributed by atoms with Gasteiger partial charge in [0.25, 0.3) is 5.91 Å². The summed E-state index contributed by atoms with van der Waals surface area (Å²) in [5.41, 5.74) is 0. The minimum atomic E-state index is -3.80. The van der Waals surface area contributed by atoms with Gasteiger partial charge in [-0.3, -0.25) is 14.9 Å². The highest BCUT2D eigenvalue weighted by Crippen LogP contribution is 2.41. The molecule has 3 aliphatic rings. The van der Waals surface area contributed by atoms with E-state index in [-0.39, 0.29) is 36.5 Å². The lowest BCUT2D eigenvalue weighted by atomic mass is 10.0. The van der Waals surface area contributed by atoms with Crippen molar-refractivity contribution in [3.63, 3.8) is 0 Å². The third-order valence-electron chi connectivity index (χ3n) is 6.91. The van der Waals surface area contributed by atoms with Gasteiger partial charge in [-0.15, -0.1) is 0 Å². The van der Waals surface area contributed by atoms with E-state index in [0.29, 0.717) is 6.42 Å². The van der Waals surface area contributed by atoms with E-state index in [1.54, 1.807) is 6.92 Å². The van der Waals surface area contributed by atoms with Gasteiger partial charge in [-0.2, -0.15) is 8.78 Å². The zero-order chi connectivity index (χ0) is 27.5. The summed E-state index contributed by atoms with van der Waals surface area (Å²) in [6.07, 6.45) is -2.76. The van der Waals surface area contributed by atoms with Crippen LogP contribution in [-0.2, 0) is 14.3 Å². The quantitative estimate of drug-likeness (QED) is 0.216. The van der Waals surface area contributed by atoms with Gasteiger partial charge in [-0.25, -0.2) is 13.2 Å². The fraction of sp³-hybridized carbons (Fsp3) is 0.692. The molecule has 0 radical (unpaired) electrons. The van der Waals surface area contributed by atoms with Crippen molar-refractivity contribution in [3.8, 4) is 5.75 Å². The molecule has 0 aromatic heterocycles. The minimum Gasteiger partial charge on any atom is -0.432 e. The topological polar surface area (TPSA) is 92.0 Å². The van der Waals surface area contributed by atoms with E-state index >= 15 is 0 Å². The van der Waals surface area contributed by atoms with E-state index < -0.39 is 61.0 Å². The number of hydrogen-bond acceptors (Lipinski definition) is 5. The molecule has 38 heavy (non-hydrogen) atoms. The number of ether oxygens (including phenoxy) is 2. The maximum Gasteiger partial charge on any atom is 0.410 e. The molecule has 2 saturated carbocycles. The van der Waals surface area contributed by atoms with Crippen LogP contribution in [0.3, 0.4) is 0 Å². The summed E-state index contributed by atoms with van der Waals surface area (Å²) in [6.45, 7) is 0.624. The van der Waals surface area contributed by atoms with Crippen molar-refractivity contribution in [2.75, 3.05) is 6.54 Å². The van der Waals surface area contributed by atoms with E-state index in [9.17, 15) is 31.5 Å². The summed E-state index contributed by atoms with van der Waals surface area (Å²) in [5, 5.41) is 7.89. The number of alkyl halides is 4. The fourth-order valence-electron chi connectivity index (χ4n) is 4.33. The first-order valence-electron chi connectivity index (χ1n) is 13.1. The van der Waals surface area contributed by atoms with Gasteiger partial charge in [0.2, 0.25) is 11.8 Å². The average molecular weight is 548 g/mol. The van der Waals surface area contributed by atoms with Gasteiger partial charge in [-0.1, -0.05) is 6.92 Å². The first-order chi connectivity index (χ1) is 17.9. The molecule has 0 spiro atoms. The van der Waals surface area contributed by atoms with Crippen LogP contribution in [0.15, 0.2) is 24.3 Å². The molecular weight excluding hydrogens is 513 g/mol. The number of carbonyl (C=O) groups excluding carboxylic acids is 2. The second-order valence-electron chi connectivity index (χ2n) is 10.5. The van der Waals surface area contributed by atoms with Gasteiger partial charge < -0.3 is 20.1 Å². The molecule has 7 nitrogen and oxygen atoms in total. The minimum absolute atomic E-state index is 0.0473. The lowest BCUT2D eigenvalue weighted by Gasteiger charge is -2.26. The summed E-state index contributed by atoms with van der Waals surface area (Å²) in [4.78, 5) is 25.3. The molecule has 0 bridgehead atoms. The summed E-state index contributed by atoms with van der Waals surface area (Å²) in [6, 6.07) is 2.16. The third-order valence-corrected chi connectivity index (χ3v) is 6.91. The van der Waals surface area contributed by atoms with Gasteiger partial charge in [-0.05, 0) is 68.7 Å². The number of benzene rings is 1. The molecule has 2 aliphatic carbocycles. The number of carbonyl (C=O) groups is 2. The van der Waals surface area contributed by atoms with Crippen molar-refractivity contribution >= 4 is 11.8 Å². The first-order valence-corrected chi connectivity index (χ1v) is 13.1. The van der Waals surface area contributed by atoms with Crippen molar-refractivity contribution in [2.24, 2.45) is 5.92 Å². The Kier molecular flexibility index (Phi) is 8.81. The predicted molar refractivity (Wildman–Crippen MR) is 127 cm³/mol. The molecular formula is C26H34F5N3O4. The van der Waals surface area contributed by atoms with Crippen LogP contribution in [0.4, 0.5) is 22.0 Å². The van der Waals surface area contributed by atoms with Crippen molar-refractivity contribution < 1.29 is 41.0 Å². The van der Waals surface area contributed by atoms with Gasteiger partial charge >= 0.3 is 6.11 Å². The normalized spacial score (nSPS) is 22.9. The number of amides is 2. The molecule has 1 aliphatic heterocycles. The molecule has 3 N–H and O–H groups in total. The number of hydrogen-bond donors (Lipinski definition) is 3. The van der Waals surface area contributed by atoms with Gasteiger partial charge in [0, 0.05) is 18.9 Å². The summed E-state index contributed by atoms with van der Waals surface area (Å²) < 4.78 is 80.9. The second-order valence-corrected chi connectivity index (χ2v) is 10.5. The predicted octanol–water partition coefficient (Wildman–Crippen LogP) is 3.91. The highest BCUT2D eigenvalue weighted by Gasteiger charge is 2.51. The Morgan fingerprint density at radius 3 is 2.39 bits per heavy atom. The Morgan fingerprint density at radius 1 is 1.11 bits per heavy atom. The van der Waals surface area contributed by atoms with Gasteiger partial charge in [0.05, 0.1) is 12.1 Å². The van der Waals surface area contributed by atoms with Crippen LogP contribution in [0.1, 0.15) is 58.3 Å². The molecule has 2 amide bonds. The first kappa shape index (κ1) is 28.5. The van der Waals surface area contributed by atoms with E-state index in [4.69, 9.17) is 4.74 Å². The number of rotatable bonds is 16. The van der Waals surface area contributed by atoms with Crippen LogP contribution in [0.2, 0.25) is 0 Å². The maximum absolute atomic E-state index is 14.5. The highest BCUT2D eigenvalue weighted by atomic mass is 19.3. The number of epoxide rings is 1. The Morgan fingerprint density at radius 2 is 1.79 bits per heavy atom. The lowest BCUT2D eigenvalue weighted by Crippen LogP contribution is -2.53. The molecule has 1 aromatic rings. The molecule has 4 atom stereocenters. The molecule has 2 unspecified atom stereocenters. The zero-order valence-corrected chi connectivity index (χ0v) is 21.2. The molecule has 3 fully saturated rings. The Balaban J connectivity index is 1.35. The standard InChI is InChI=1S/C26H34F5N3O4/c1-2-19(21-22(37-21)24(36)33-17-7-8-17)34-23(35)20(11-12-25(28,29)13-15-3-4-15)32-14-26(30,31)38-18-9-5-16(27)6-10-18/h5-6,9-10,15,17,19-22,32H,2-4,7-8,11-14H2,1H3,(H,33,36)(H,34,35)/t19-,20-,21?,22?/m0/s1. The van der Waals surface area contributed by atoms with Crippen LogP contribution >= 0.6 is 0 Å². The van der Waals surface area contributed by atoms with Crippen LogP contribution in [-0.4, -0.2) is 60.7 Å².